The molecule has 0 radical (unpaired) electrons. The molecule has 0 saturated carbocycles. The van der Waals surface area contributed by atoms with Crippen molar-refractivity contribution in [2.45, 2.75) is 22.9 Å². The van der Waals surface area contributed by atoms with Crippen molar-refractivity contribution in [2.75, 3.05) is 17.2 Å². The molecule has 2 aliphatic rings. The van der Waals surface area contributed by atoms with Crippen LogP contribution in [0.4, 0.5) is 5.13 Å². The number of H-pyrrole nitrogens is 1. The number of carbonyl (C=O) groups is 3. The van der Waals surface area contributed by atoms with Crippen molar-refractivity contribution in [1.29, 1.82) is 0 Å². The van der Waals surface area contributed by atoms with Gasteiger partial charge in [0.1, 0.15) is 35.5 Å². The van der Waals surface area contributed by atoms with Crippen molar-refractivity contribution < 1.29 is 28.9 Å². The van der Waals surface area contributed by atoms with Crippen LogP contribution in [0.3, 0.4) is 0 Å². The number of rotatable bonds is 10. The molecule has 3 aromatic rings. The highest BCUT2D eigenvalue weighted by molar-refractivity contribution is 8.01. The van der Waals surface area contributed by atoms with Crippen LogP contribution in [0.15, 0.2) is 57.4 Å². The van der Waals surface area contributed by atoms with Gasteiger partial charge in [-0.05, 0) is 5.57 Å². The number of thioether (sulfide) groups is 2. The van der Waals surface area contributed by atoms with E-state index in [4.69, 9.17) is 10.6 Å². The first kappa shape index (κ1) is 26.6. The number of aromatic nitrogens is 5. The van der Waals surface area contributed by atoms with E-state index in [0.717, 1.165) is 16.2 Å². The predicted molar refractivity (Wildman–Crippen MR) is 142 cm³/mol. The number of amides is 2. The van der Waals surface area contributed by atoms with Gasteiger partial charge in [-0.1, -0.05) is 5.16 Å². The van der Waals surface area contributed by atoms with Gasteiger partial charge in [0.05, 0.1) is 6.20 Å². The van der Waals surface area contributed by atoms with E-state index in [0.29, 0.717) is 22.8 Å². The van der Waals surface area contributed by atoms with Crippen LogP contribution < -0.4 is 15.6 Å². The third kappa shape index (κ3) is 5.74. The van der Waals surface area contributed by atoms with E-state index < -0.39 is 29.2 Å². The van der Waals surface area contributed by atoms with Crippen LogP contribution in [0.5, 0.6) is 0 Å². The first-order chi connectivity index (χ1) is 18.8. The molecular weight excluding hydrogens is 567 g/mol. The van der Waals surface area contributed by atoms with Crippen LogP contribution in [0.1, 0.15) is 11.4 Å². The number of β-lactam (4-membered cyclic amide) rings is 1. The molecule has 0 spiro atoms. The van der Waals surface area contributed by atoms with Crippen molar-refractivity contribution in [3.8, 4) is 0 Å². The molecule has 2 atom stereocenters. The lowest BCUT2D eigenvalue weighted by Gasteiger charge is -2.49. The molecule has 202 valence electrons. The maximum Gasteiger partial charge on any atom is 0.352 e. The fraction of sp³-hybridized carbons (Fsp3) is 0.273. The topological polar surface area (TPSA) is 193 Å². The van der Waals surface area contributed by atoms with Crippen LogP contribution in [0, 0.1) is 0 Å². The second-order valence-corrected chi connectivity index (χ2v) is 11.4. The number of nitrogen functional groups attached to an aromatic ring is 1. The fourth-order valence-corrected chi connectivity index (χ4v) is 6.73. The summed E-state index contributed by atoms with van der Waals surface area (Å²) < 4.78 is 1.91. The lowest BCUT2D eigenvalue weighted by atomic mass is 10.0. The summed E-state index contributed by atoms with van der Waals surface area (Å²) in [6.45, 7) is -0.0590. The number of aryl methyl sites for hydroxylation is 1. The summed E-state index contributed by atoms with van der Waals surface area (Å²) in [6, 6.07) is 2.93. The molecular formula is C22H22N9O5S3+. The summed E-state index contributed by atoms with van der Waals surface area (Å²) in [4.78, 5) is 50.0. The van der Waals surface area contributed by atoms with Gasteiger partial charge in [-0.2, -0.15) is 15.4 Å². The number of pyridine rings is 1. The number of carboxylic acids is 1. The minimum Gasteiger partial charge on any atom is -0.477 e. The highest BCUT2D eigenvalue weighted by Gasteiger charge is 2.54. The van der Waals surface area contributed by atoms with Crippen molar-refractivity contribution in [2.24, 2.45) is 12.2 Å². The van der Waals surface area contributed by atoms with Crippen LogP contribution in [-0.4, -0.2) is 76.8 Å². The summed E-state index contributed by atoms with van der Waals surface area (Å²) in [6.07, 6.45) is 5.26. The van der Waals surface area contributed by atoms with E-state index in [2.05, 4.69) is 30.9 Å². The summed E-state index contributed by atoms with van der Waals surface area (Å²) in [7, 11) is 1.91. The standard InChI is InChI=1S/C22H21N9O5S3/c1-30-4-2-13(3-5-30)37-8-11-9-38-20-16(19(33)31(20)17(11)21(34)35)26-18(32)15(14-10-39-22(23)25-14)28-36-7-12-6-24-29-27-12/h2-6,10,16,20H,7-9H2,1H3,(H4-,23,24,25,26,27,29,32,34,35)/p+1/b28-15-/t16-,20-/m1/s1. The molecule has 39 heavy (non-hydrogen) atoms. The second-order valence-electron chi connectivity index (χ2n) is 8.35. The second kappa shape index (κ2) is 11.4. The number of oxime groups is 1. The third-order valence-electron chi connectivity index (χ3n) is 5.71. The Morgan fingerprint density at radius 3 is 2.87 bits per heavy atom. The first-order valence-electron chi connectivity index (χ1n) is 11.4. The Morgan fingerprint density at radius 1 is 1.41 bits per heavy atom. The SMILES string of the molecule is C[n+]1ccc(SCC2=C(C(=O)O)N3C(=O)[C@@H](NC(=O)/C(=N\OCc4cn[nH]n4)c4csc(N)n4)[C@H]3SC2)cc1. The predicted octanol–water partition coefficient (Wildman–Crippen LogP) is 0.120. The van der Waals surface area contributed by atoms with E-state index in [-0.39, 0.29) is 28.8 Å². The van der Waals surface area contributed by atoms with Gasteiger partial charge in [-0.25, -0.2) is 14.3 Å². The molecule has 0 unspecified atom stereocenters. The van der Waals surface area contributed by atoms with Crippen LogP contribution in [0.25, 0.3) is 0 Å². The zero-order chi connectivity index (χ0) is 27.5. The van der Waals surface area contributed by atoms with Gasteiger partial charge in [-0.3, -0.25) is 14.5 Å². The van der Waals surface area contributed by atoms with Crippen molar-refractivity contribution in [1.82, 2.24) is 30.6 Å². The highest BCUT2D eigenvalue weighted by atomic mass is 32.2. The number of fused-ring (bicyclic) bond motifs is 1. The summed E-state index contributed by atoms with van der Waals surface area (Å²) >= 11 is 4.00. The summed E-state index contributed by atoms with van der Waals surface area (Å²) in [5, 5.41) is 27.7. The Kier molecular flexibility index (Phi) is 7.80. The fourth-order valence-electron chi connectivity index (χ4n) is 3.82. The molecule has 0 aromatic carbocycles. The number of nitrogens with two attached hydrogens (primary N) is 1. The number of aliphatic carboxylic acids is 1. The number of hydrogen-bond donors (Lipinski definition) is 4. The van der Waals surface area contributed by atoms with E-state index in [1.54, 1.807) is 5.38 Å². The Balaban J connectivity index is 1.29. The minimum atomic E-state index is -1.19. The maximum absolute atomic E-state index is 13.2. The van der Waals surface area contributed by atoms with E-state index in [1.807, 2.05) is 36.1 Å². The Hall–Kier alpha value is -3.96. The third-order valence-corrected chi connectivity index (χ3v) is 8.82. The number of nitrogens with one attached hydrogen (secondary N) is 2. The van der Waals surface area contributed by atoms with Gasteiger partial charge in [0, 0.05) is 33.9 Å². The molecule has 0 aliphatic carbocycles. The van der Waals surface area contributed by atoms with Gasteiger partial charge < -0.3 is 21.0 Å². The Morgan fingerprint density at radius 2 is 2.21 bits per heavy atom. The normalized spacial score (nSPS) is 18.9. The van der Waals surface area contributed by atoms with Crippen molar-refractivity contribution in [3.63, 3.8) is 0 Å². The molecule has 2 aliphatic heterocycles. The molecule has 5 N–H and O–H groups in total. The average Bonchev–Trinajstić information content (AvgIpc) is 3.60. The van der Waals surface area contributed by atoms with Crippen LogP contribution in [0.2, 0.25) is 0 Å². The number of thiazole rings is 1. The largest absolute Gasteiger partial charge is 0.477 e. The van der Waals surface area contributed by atoms with E-state index >= 15 is 0 Å². The lowest BCUT2D eigenvalue weighted by Crippen LogP contribution is -2.71. The number of hydrogen-bond acceptors (Lipinski definition) is 12. The molecule has 17 heteroatoms. The minimum absolute atomic E-state index is 0.0413. The number of nitrogens with zero attached hydrogens (tertiary/aromatic N) is 6. The van der Waals surface area contributed by atoms with Crippen LogP contribution in [-0.2, 0) is 32.9 Å². The van der Waals surface area contributed by atoms with Crippen molar-refractivity contribution >= 4 is 63.5 Å². The molecule has 1 fully saturated rings. The van der Waals surface area contributed by atoms with Gasteiger partial charge in [-0.15, -0.1) is 34.9 Å². The van der Waals surface area contributed by atoms with E-state index in [9.17, 15) is 19.5 Å². The Bertz CT molecular complexity index is 1460. The monoisotopic (exact) mass is 588 g/mol. The lowest BCUT2D eigenvalue weighted by molar-refractivity contribution is -0.671. The molecule has 0 bridgehead atoms. The van der Waals surface area contributed by atoms with Gasteiger partial charge in [0.2, 0.25) is 0 Å². The Labute approximate surface area is 233 Å². The van der Waals surface area contributed by atoms with E-state index in [1.165, 1.54) is 34.6 Å². The molecule has 1 saturated heterocycles. The number of aromatic amines is 1. The average molecular weight is 589 g/mol. The number of carboxylic acid groups (broad SMARTS) is 1. The van der Waals surface area contributed by atoms with Crippen LogP contribution >= 0.6 is 34.9 Å². The summed E-state index contributed by atoms with van der Waals surface area (Å²) in [5.41, 5.74) is 6.78. The van der Waals surface area contributed by atoms with Gasteiger partial charge in [0.15, 0.2) is 29.8 Å². The smallest absolute Gasteiger partial charge is 0.352 e. The van der Waals surface area contributed by atoms with Crippen molar-refractivity contribution in [3.05, 3.63) is 58.8 Å². The summed E-state index contributed by atoms with van der Waals surface area (Å²) in [5.74, 6) is -1.59. The molecule has 2 amide bonds. The molecule has 5 heterocycles. The van der Waals surface area contributed by atoms with Gasteiger partial charge in [0.25, 0.3) is 11.8 Å². The van der Waals surface area contributed by atoms with Gasteiger partial charge >= 0.3 is 5.97 Å². The molecule has 14 nitrogen and oxygen atoms in total. The number of carbonyl (C=O) groups excluding carboxylic acids is 2. The quantitative estimate of drug-likeness (QED) is 0.0826. The highest BCUT2D eigenvalue weighted by Crippen LogP contribution is 2.41. The first-order valence-corrected chi connectivity index (χ1v) is 14.3. The molecule has 3 aromatic heterocycles. The zero-order valence-electron chi connectivity index (χ0n) is 20.3. The molecule has 5 rings (SSSR count). The number of anilines is 1. The zero-order valence-corrected chi connectivity index (χ0v) is 22.8. The maximum atomic E-state index is 13.2.